The zero-order chi connectivity index (χ0) is 31.0. The van der Waals surface area contributed by atoms with Crippen molar-refractivity contribution in [2.45, 2.75) is 37.4 Å². The molecule has 44 heavy (non-hydrogen) atoms. The van der Waals surface area contributed by atoms with Crippen LogP contribution in [0, 0.1) is 0 Å². The first-order valence-electron chi connectivity index (χ1n) is 13.7. The topological polar surface area (TPSA) is 122 Å². The maximum Gasteiger partial charge on any atom is 0.448 e. The molecule has 0 spiro atoms. The van der Waals surface area contributed by atoms with Crippen LogP contribution in [0.3, 0.4) is 0 Å². The number of rotatable bonds is 5. The maximum atomic E-state index is 10.8. The molecule has 15 heteroatoms. The number of allylic oxidation sites excluding steroid dienone is 1. The molecule has 230 valence electrons. The molecule has 11 nitrogen and oxygen atoms in total. The zero-order valence-electron chi connectivity index (χ0n) is 23.4. The van der Waals surface area contributed by atoms with Crippen molar-refractivity contribution >= 4 is 46.0 Å². The van der Waals surface area contributed by atoms with E-state index in [1.165, 1.54) is 6.33 Å². The molecule has 2 aromatic heterocycles. The number of fused-ring (bicyclic) bond motifs is 4. The van der Waals surface area contributed by atoms with E-state index in [-0.39, 0.29) is 6.29 Å². The molecule has 7 rings (SSSR count). The van der Waals surface area contributed by atoms with E-state index in [9.17, 15) is 13.2 Å². The van der Waals surface area contributed by atoms with Gasteiger partial charge in [-0.05, 0) is 43.2 Å². The second-order valence-corrected chi connectivity index (χ2v) is 10.9. The van der Waals surface area contributed by atoms with Crippen molar-refractivity contribution in [3.63, 3.8) is 0 Å². The summed E-state index contributed by atoms with van der Waals surface area (Å²) in [6, 6.07) is 12.1. The highest BCUT2D eigenvalue weighted by Gasteiger charge is 2.42. The SMILES string of the molecule is C=C(O)C(F)(F)F.Cn1cnc2cc(Oc3ccc(Nc4ncnc5c4NC(N4C6CCC4COC6)N=C5)cc3Cl)ccc21. The molecule has 3 atom stereocenters. The van der Waals surface area contributed by atoms with Crippen LogP contribution in [0.5, 0.6) is 11.5 Å². The van der Waals surface area contributed by atoms with E-state index in [2.05, 4.69) is 37.1 Å². The number of hydrogen-bond donors (Lipinski definition) is 3. The van der Waals surface area contributed by atoms with E-state index in [0.29, 0.717) is 34.4 Å². The second-order valence-electron chi connectivity index (χ2n) is 10.5. The Morgan fingerprint density at radius 2 is 1.89 bits per heavy atom. The van der Waals surface area contributed by atoms with Gasteiger partial charge in [0.05, 0.1) is 41.8 Å². The Bertz CT molecular complexity index is 1710. The molecule has 4 aromatic rings. The van der Waals surface area contributed by atoms with Crippen LogP contribution >= 0.6 is 11.6 Å². The Kier molecular flexibility index (Phi) is 8.05. The van der Waals surface area contributed by atoms with Crippen LogP contribution in [-0.4, -0.2) is 73.5 Å². The number of nitrogens with one attached hydrogen (secondary N) is 2. The van der Waals surface area contributed by atoms with Crippen molar-refractivity contribution in [2.24, 2.45) is 12.0 Å². The van der Waals surface area contributed by atoms with E-state index in [4.69, 9.17) is 31.2 Å². The monoisotopic (exact) mass is 628 g/mol. The van der Waals surface area contributed by atoms with Crippen LogP contribution in [-0.2, 0) is 11.8 Å². The van der Waals surface area contributed by atoms with Gasteiger partial charge in [-0.3, -0.25) is 9.89 Å². The summed E-state index contributed by atoms with van der Waals surface area (Å²) in [6.07, 6.45) is 2.58. The molecular formula is C29H28ClF3N8O3. The Morgan fingerprint density at radius 1 is 1.14 bits per heavy atom. The summed E-state index contributed by atoms with van der Waals surface area (Å²) < 4.78 is 46.2. The van der Waals surface area contributed by atoms with Crippen molar-refractivity contribution in [1.82, 2.24) is 24.4 Å². The fourth-order valence-electron chi connectivity index (χ4n) is 5.36. The minimum Gasteiger partial charge on any atom is -0.505 e. The molecule has 0 amide bonds. The minimum absolute atomic E-state index is 0.170. The molecular weight excluding hydrogens is 601 g/mol. The number of aryl methyl sites for hydroxylation is 1. The summed E-state index contributed by atoms with van der Waals surface area (Å²) in [6.45, 7) is 3.75. The number of aliphatic imine (C=N–C) groups is 1. The molecule has 2 aromatic carbocycles. The minimum atomic E-state index is -4.64. The summed E-state index contributed by atoms with van der Waals surface area (Å²) in [7, 11) is 1.96. The number of aromatic nitrogens is 4. The second kappa shape index (κ2) is 11.9. The first-order chi connectivity index (χ1) is 21.1. The number of ether oxygens (including phenoxy) is 2. The average Bonchev–Trinajstić information content (AvgIpc) is 3.48. The number of alkyl halides is 3. The molecule has 2 bridgehead atoms. The molecule has 3 unspecified atom stereocenters. The van der Waals surface area contributed by atoms with E-state index in [1.54, 1.807) is 6.33 Å². The quantitative estimate of drug-likeness (QED) is 0.223. The van der Waals surface area contributed by atoms with Crippen molar-refractivity contribution in [1.29, 1.82) is 0 Å². The molecule has 5 heterocycles. The molecule has 0 saturated carbocycles. The highest BCUT2D eigenvalue weighted by Crippen LogP contribution is 2.37. The van der Waals surface area contributed by atoms with Gasteiger partial charge < -0.3 is 29.8 Å². The average molecular weight is 629 g/mol. The van der Waals surface area contributed by atoms with Crippen LogP contribution in [0.1, 0.15) is 18.5 Å². The largest absolute Gasteiger partial charge is 0.505 e. The fourth-order valence-corrected chi connectivity index (χ4v) is 5.58. The fraction of sp³-hybridized carbons (Fsp3) is 0.310. The van der Waals surface area contributed by atoms with Gasteiger partial charge in [-0.25, -0.2) is 15.0 Å². The van der Waals surface area contributed by atoms with E-state index >= 15 is 0 Å². The van der Waals surface area contributed by atoms with Crippen LogP contribution in [0.4, 0.5) is 30.4 Å². The Hall–Kier alpha value is -4.40. The lowest BCUT2D eigenvalue weighted by Crippen LogP contribution is -2.54. The normalized spacial score (nSPS) is 20.8. The first-order valence-corrected chi connectivity index (χ1v) is 14.0. The van der Waals surface area contributed by atoms with E-state index in [1.807, 2.05) is 54.2 Å². The summed E-state index contributed by atoms with van der Waals surface area (Å²) in [5.74, 6) is 0.130. The standard InChI is InChI=1S/C26H25ClN8O2.C3H3F3O/c1-34-14-31-20-9-18(5-6-22(20)34)37-23-7-2-15(8-19(23)27)32-25-24-21(29-13-30-25)10-28-26(33-24)35-16-3-4-17(35)12-36-11-16;1-2(7)3(4,5)6/h2,5-10,13-14,16-17,26,33H,3-4,11-12H2,1H3,(H,29,30,32);7H,1H2. The van der Waals surface area contributed by atoms with Gasteiger partial charge in [-0.15, -0.1) is 0 Å². The summed E-state index contributed by atoms with van der Waals surface area (Å²) >= 11 is 6.60. The number of imidazole rings is 1. The van der Waals surface area contributed by atoms with Gasteiger partial charge in [0, 0.05) is 30.9 Å². The first kappa shape index (κ1) is 29.7. The summed E-state index contributed by atoms with van der Waals surface area (Å²) in [4.78, 5) is 20.4. The van der Waals surface area contributed by atoms with Crippen LogP contribution in [0.15, 0.2) is 66.4 Å². The molecule has 0 aliphatic carbocycles. The lowest BCUT2D eigenvalue weighted by atomic mass is 10.2. The highest BCUT2D eigenvalue weighted by molar-refractivity contribution is 6.32. The van der Waals surface area contributed by atoms with Gasteiger partial charge in [0.1, 0.15) is 29.2 Å². The molecule has 3 aliphatic rings. The van der Waals surface area contributed by atoms with Crippen molar-refractivity contribution in [3.05, 3.63) is 72.1 Å². The maximum absolute atomic E-state index is 10.8. The number of aliphatic hydroxyl groups is 1. The number of benzene rings is 2. The van der Waals surface area contributed by atoms with Gasteiger partial charge in [-0.1, -0.05) is 18.2 Å². The van der Waals surface area contributed by atoms with E-state index < -0.39 is 11.9 Å². The predicted molar refractivity (Wildman–Crippen MR) is 160 cm³/mol. The highest BCUT2D eigenvalue weighted by atomic mass is 35.5. The van der Waals surface area contributed by atoms with Crippen LogP contribution in [0.25, 0.3) is 11.0 Å². The van der Waals surface area contributed by atoms with Gasteiger partial charge in [0.25, 0.3) is 0 Å². The summed E-state index contributed by atoms with van der Waals surface area (Å²) in [5, 5.41) is 15.0. The predicted octanol–water partition coefficient (Wildman–Crippen LogP) is 6.16. The van der Waals surface area contributed by atoms with Crippen LogP contribution < -0.4 is 15.4 Å². The molecule has 2 saturated heterocycles. The number of aliphatic hydroxyl groups excluding tert-OH is 1. The van der Waals surface area contributed by atoms with Gasteiger partial charge >= 0.3 is 6.18 Å². The lowest BCUT2D eigenvalue weighted by Gasteiger charge is -2.40. The Labute approximate surface area is 255 Å². The van der Waals surface area contributed by atoms with Crippen molar-refractivity contribution in [2.75, 3.05) is 23.8 Å². The third-order valence-corrected chi connectivity index (χ3v) is 7.81. The van der Waals surface area contributed by atoms with Gasteiger partial charge in [-0.2, -0.15) is 13.2 Å². The number of anilines is 3. The molecule has 0 radical (unpaired) electrons. The number of halogens is 4. The third-order valence-electron chi connectivity index (χ3n) is 7.51. The van der Waals surface area contributed by atoms with Gasteiger partial charge in [0.15, 0.2) is 17.9 Å². The molecule has 2 fully saturated rings. The number of hydrogen-bond acceptors (Lipinski definition) is 10. The smallest absolute Gasteiger partial charge is 0.448 e. The number of nitrogens with zero attached hydrogens (tertiary/aromatic N) is 6. The Balaban J connectivity index is 0.000000441. The zero-order valence-corrected chi connectivity index (χ0v) is 24.2. The molecule has 3 aliphatic heterocycles. The third kappa shape index (κ3) is 6.14. The molecule has 3 N–H and O–H groups in total. The Morgan fingerprint density at radius 3 is 2.59 bits per heavy atom. The van der Waals surface area contributed by atoms with Crippen molar-refractivity contribution < 1.29 is 27.8 Å². The van der Waals surface area contributed by atoms with E-state index in [0.717, 1.165) is 54.2 Å². The lowest BCUT2D eigenvalue weighted by molar-refractivity contribution is -0.119. The van der Waals surface area contributed by atoms with Crippen molar-refractivity contribution in [3.8, 4) is 11.5 Å². The van der Waals surface area contributed by atoms with Crippen LogP contribution in [0.2, 0.25) is 5.02 Å². The number of morpholine rings is 1. The van der Waals surface area contributed by atoms with Gasteiger partial charge in [0.2, 0.25) is 0 Å². The summed E-state index contributed by atoms with van der Waals surface area (Å²) in [5.41, 5.74) is 4.24.